The van der Waals surface area contributed by atoms with E-state index in [1.165, 1.54) is 0 Å². The summed E-state index contributed by atoms with van der Waals surface area (Å²) >= 11 is 0. The van der Waals surface area contributed by atoms with E-state index in [-0.39, 0.29) is 5.92 Å². The summed E-state index contributed by atoms with van der Waals surface area (Å²) in [5.41, 5.74) is 1.02. The molecule has 3 nitrogen and oxygen atoms in total. The molecule has 0 radical (unpaired) electrons. The van der Waals surface area contributed by atoms with Crippen LogP contribution in [-0.2, 0) is 0 Å². The molecule has 0 fully saturated rings. The van der Waals surface area contributed by atoms with E-state index in [1.807, 2.05) is 55.5 Å². The molecule has 0 heterocycles. The number of hydrogen-bond acceptors (Lipinski definition) is 1. The molecule has 1 aromatic carbocycles. The van der Waals surface area contributed by atoms with Crippen LogP contribution in [0.5, 0.6) is 0 Å². The van der Waals surface area contributed by atoms with Crippen LogP contribution < -0.4 is 0 Å². The Balaban J connectivity index is 2.60. The van der Waals surface area contributed by atoms with E-state index < -0.39 is 0 Å². The average Bonchev–Trinajstić information content (AvgIpc) is 2.50. The Labute approximate surface area is 127 Å². The fourth-order valence-corrected chi connectivity index (χ4v) is 1.55. The van der Waals surface area contributed by atoms with Crippen molar-refractivity contribution < 1.29 is 0 Å². The lowest BCUT2D eigenvalue weighted by Crippen LogP contribution is -2.06. The maximum atomic E-state index is 7.95. The van der Waals surface area contributed by atoms with Gasteiger partial charge in [-0.2, -0.15) is 0 Å². The quantitative estimate of drug-likeness (QED) is 0.463. The molecule has 1 N–H and O–H groups in total. The third-order valence-corrected chi connectivity index (χ3v) is 2.80. The number of nitrogens with one attached hydrogen (secondary N) is 1. The Morgan fingerprint density at radius 3 is 2.62 bits per heavy atom. The van der Waals surface area contributed by atoms with Gasteiger partial charge in [0, 0.05) is 12.1 Å². The second-order valence-electron chi connectivity index (χ2n) is 4.72. The van der Waals surface area contributed by atoms with Crippen molar-refractivity contribution in [3.05, 3.63) is 60.2 Å². The van der Waals surface area contributed by atoms with E-state index in [9.17, 15) is 0 Å². The van der Waals surface area contributed by atoms with Crippen LogP contribution in [0, 0.1) is 11.3 Å². The van der Waals surface area contributed by atoms with Crippen LogP contribution in [0.25, 0.3) is 0 Å². The number of aliphatic imine (C=N–C) groups is 2. The van der Waals surface area contributed by atoms with Crippen molar-refractivity contribution in [2.75, 3.05) is 0 Å². The van der Waals surface area contributed by atoms with Crippen molar-refractivity contribution in [3.8, 4) is 0 Å². The first-order valence-electron chi connectivity index (χ1n) is 7.19. The standard InChI is InChI=1S/C18H23N3/c1-4-5-6-8-11-15(2)18(19)21-16(3)20-14-17-12-9-7-10-13-17/h5-15,19H,4H2,1-3H3/b6-5-,11-8-,19-18?,20-14?,21-16?. The summed E-state index contributed by atoms with van der Waals surface area (Å²) in [5.74, 6) is 0.889. The molecule has 0 aliphatic carbocycles. The minimum Gasteiger partial charge on any atom is -0.286 e. The molecule has 1 unspecified atom stereocenters. The molecule has 0 saturated carbocycles. The van der Waals surface area contributed by atoms with E-state index >= 15 is 0 Å². The van der Waals surface area contributed by atoms with Crippen LogP contribution >= 0.6 is 0 Å². The Morgan fingerprint density at radius 1 is 1.24 bits per heavy atom. The normalized spacial score (nSPS) is 14.3. The van der Waals surface area contributed by atoms with Crippen LogP contribution in [-0.4, -0.2) is 17.9 Å². The van der Waals surface area contributed by atoms with Crippen molar-refractivity contribution in [1.29, 1.82) is 5.41 Å². The zero-order chi connectivity index (χ0) is 15.5. The van der Waals surface area contributed by atoms with Gasteiger partial charge in [-0.25, -0.2) is 9.98 Å². The minimum absolute atomic E-state index is 0.0200. The summed E-state index contributed by atoms with van der Waals surface area (Å²) in [5, 5.41) is 7.95. The number of nitrogens with zero attached hydrogens (tertiary/aromatic N) is 2. The first-order valence-corrected chi connectivity index (χ1v) is 7.19. The molecule has 0 aliphatic heterocycles. The van der Waals surface area contributed by atoms with Crippen LogP contribution in [0.2, 0.25) is 0 Å². The third kappa shape index (κ3) is 7.16. The lowest BCUT2D eigenvalue weighted by Gasteiger charge is -2.03. The van der Waals surface area contributed by atoms with E-state index in [0.29, 0.717) is 11.7 Å². The highest BCUT2D eigenvalue weighted by atomic mass is 14.9. The van der Waals surface area contributed by atoms with Gasteiger partial charge in [0.25, 0.3) is 0 Å². The third-order valence-electron chi connectivity index (χ3n) is 2.80. The Kier molecular flexibility index (Phi) is 7.65. The maximum Gasteiger partial charge on any atom is 0.129 e. The number of hydrogen-bond donors (Lipinski definition) is 1. The van der Waals surface area contributed by atoms with Crippen LogP contribution in [0.4, 0.5) is 0 Å². The maximum absolute atomic E-state index is 7.95. The van der Waals surface area contributed by atoms with Gasteiger partial charge in [0.05, 0.1) is 0 Å². The van der Waals surface area contributed by atoms with E-state index in [1.54, 1.807) is 13.1 Å². The van der Waals surface area contributed by atoms with Crippen molar-refractivity contribution in [1.82, 2.24) is 0 Å². The highest BCUT2D eigenvalue weighted by Crippen LogP contribution is 2.02. The van der Waals surface area contributed by atoms with Gasteiger partial charge in [0.15, 0.2) is 0 Å². The average molecular weight is 281 g/mol. The predicted molar refractivity (Wildman–Crippen MR) is 92.6 cm³/mol. The smallest absolute Gasteiger partial charge is 0.129 e. The molecule has 0 spiro atoms. The van der Waals surface area contributed by atoms with Gasteiger partial charge in [-0.3, -0.25) is 5.41 Å². The molecule has 1 rings (SSSR count). The molecule has 1 atom stereocenters. The molecule has 110 valence electrons. The zero-order valence-corrected chi connectivity index (χ0v) is 13.0. The number of benzene rings is 1. The Hall–Kier alpha value is -2.29. The monoisotopic (exact) mass is 281 g/mol. The summed E-state index contributed by atoms with van der Waals surface area (Å²) in [6, 6.07) is 9.86. The molecule has 21 heavy (non-hydrogen) atoms. The molecule has 0 bridgehead atoms. The predicted octanol–water partition coefficient (Wildman–Crippen LogP) is 4.66. The van der Waals surface area contributed by atoms with E-state index in [2.05, 4.69) is 23.0 Å². The lowest BCUT2D eigenvalue weighted by atomic mass is 10.1. The van der Waals surface area contributed by atoms with Crippen molar-refractivity contribution in [2.24, 2.45) is 15.9 Å². The Bertz CT molecular complexity index is 551. The molecule has 0 amide bonds. The fraction of sp³-hybridized carbons (Fsp3) is 0.278. The van der Waals surface area contributed by atoms with Gasteiger partial charge in [-0.05, 0) is 18.9 Å². The first-order chi connectivity index (χ1) is 10.1. The molecule has 0 aromatic heterocycles. The van der Waals surface area contributed by atoms with Crippen LogP contribution in [0.3, 0.4) is 0 Å². The number of amidine groups is 2. The molecule has 3 heteroatoms. The highest BCUT2D eigenvalue weighted by Gasteiger charge is 2.03. The first kappa shape index (κ1) is 16.8. The summed E-state index contributed by atoms with van der Waals surface area (Å²) < 4.78 is 0. The van der Waals surface area contributed by atoms with Gasteiger partial charge in [-0.1, -0.05) is 68.5 Å². The molecular weight excluding hydrogens is 258 g/mol. The van der Waals surface area contributed by atoms with Gasteiger partial charge >= 0.3 is 0 Å². The molecule has 1 aromatic rings. The minimum atomic E-state index is -0.0200. The molecular formula is C18H23N3. The van der Waals surface area contributed by atoms with Gasteiger partial charge in [0.2, 0.25) is 0 Å². The summed E-state index contributed by atoms with van der Waals surface area (Å²) in [6.07, 6.45) is 10.8. The van der Waals surface area contributed by atoms with Crippen LogP contribution in [0.1, 0.15) is 32.8 Å². The number of rotatable bonds is 5. The second kappa shape index (κ2) is 9.59. The summed E-state index contributed by atoms with van der Waals surface area (Å²) in [4.78, 5) is 8.49. The molecule has 0 aliphatic rings. The van der Waals surface area contributed by atoms with Gasteiger partial charge < -0.3 is 0 Å². The highest BCUT2D eigenvalue weighted by molar-refractivity contribution is 6.00. The SMILES string of the molecule is CC/C=C\C=C/C(C)C(=N)N=C(C)N=Cc1ccccc1. The summed E-state index contributed by atoms with van der Waals surface area (Å²) in [6.45, 7) is 5.85. The van der Waals surface area contributed by atoms with Gasteiger partial charge in [-0.15, -0.1) is 0 Å². The lowest BCUT2D eigenvalue weighted by molar-refractivity contribution is 0.968. The van der Waals surface area contributed by atoms with Gasteiger partial charge in [0.1, 0.15) is 11.7 Å². The van der Waals surface area contributed by atoms with Crippen LogP contribution in [0.15, 0.2) is 64.6 Å². The second-order valence-corrected chi connectivity index (χ2v) is 4.72. The van der Waals surface area contributed by atoms with E-state index in [4.69, 9.17) is 5.41 Å². The zero-order valence-electron chi connectivity index (χ0n) is 13.0. The fourth-order valence-electron chi connectivity index (χ4n) is 1.55. The Morgan fingerprint density at radius 2 is 1.95 bits per heavy atom. The summed E-state index contributed by atoms with van der Waals surface area (Å²) in [7, 11) is 0. The van der Waals surface area contributed by atoms with E-state index in [0.717, 1.165) is 12.0 Å². The topological polar surface area (TPSA) is 48.6 Å². The van der Waals surface area contributed by atoms with Crippen molar-refractivity contribution >= 4 is 17.9 Å². The molecule has 0 saturated heterocycles. The number of allylic oxidation sites excluding steroid dienone is 3. The van der Waals surface area contributed by atoms with Crippen molar-refractivity contribution in [2.45, 2.75) is 27.2 Å². The van der Waals surface area contributed by atoms with Crippen molar-refractivity contribution in [3.63, 3.8) is 0 Å². The largest absolute Gasteiger partial charge is 0.286 e.